The highest BCUT2D eigenvalue weighted by Gasteiger charge is 2.95. The molecule has 24 heavy (non-hydrogen) atoms. The van der Waals surface area contributed by atoms with Gasteiger partial charge in [-0.25, -0.2) is 4.79 Å². The van der Waals surface area contributed by atoms with E-state index in [1.165, 1.54) is 11.1 Å². The van der Waals surface area contributed by atoms with Crippen molar-refractivity contribution in [1.82, 2.24) is 0 Å². The van der Waals surface area contributed by atoms with Crippen molar-refractivity contribution in [2.75, 3.05) is 13.2 Å². The summed E-state index contributed by atoms with van der Waals surface area (Å²) in [5, 5.41) is 0. The number of carbonyl (C=O) groups is 1. The van der Waals surface area contributed by atoms with Crippen LogP contribution < -0.4 is 0 Å². The molecule has 1 saturated heterocycles. The Kier molecular flexibility index (Phi) is 1.71. The normalized spacial score (nSPS) is 48.8. The molecule has 3 heterocycles. The van der Waals surface area contributed by atoms with E-state index in [4.69, 9.17) is 13.9 Å². The van der Waals surface area contributed by atoms with Gasteiger partial charge in [0.05, 0.1) is 24.5 Å². The van der Waals surface area contributed by atoms with Crippen molar-refractivity contribution in [3.05, 3.63) is 59.1 Å². The lowest BCUT2D eigenvalue weighted by atomic mass is 9.69. The third-order valence-corrected chi connectivity index (χ3v) is 7.73. The molecule has 2 aliphatic heterocycles. The van der Waals surface area contributed by atoms with Crippen LogP contribution in [0.15, 0.2) is 58.0 Å². The van der Waals surface area contributed by atoms with Gasteiger partial charge in [-0.05, 0) is 36.0 Å². The minimum Gasteiger partial charge on any atom is -0.472 e. The van der Waals surface area contributed by atoms with Gasteiger partial charge in [-0.15, -0.1) is 0 Å². The summed E-state index contributed by atoms with van der Waals surface area (Å²) in [4.78, 5) is 12.4. The molecule has 1 aromatic rings. The van der Waals surface area contributed by atoms with E-state index in [0.717, 1.165) is 24.0 Å². The van der Waals surface area contributed by atoms with E-state index in [0.29, 0.717) is 19.1 Å². The molecule has 3 spiro atoms. The zero-order valence-electron chi connectivity index (χ0n) is 13.1. The van der Waals surface area contributed by atoms with Gasteiger partial charge >= 0.3 is 5.97 Å². The zero-order chi connectivity index (χ0) is 15.7. The summed E-state index contributed by atoms with van der Waals surface area (Å²) in [6.45, 7) is 1.18. The highest BCUT2D eigenvalue weighted by atomic mass is 16.5. The first kappa shape index (κ1) is 12.3. The molecular weight excluding hydrogens is 304 g/mol. The van der Waals surface area contributed by atoms with Crippen molar-refractivity contribution in [3.63, 3.8) is 0 Å². The maximum Gasteiger partial charge on any atom is 0.334 e. The first-order valence-corrected chi connectivity index (χ1v) is 8.69. The molecule has 5 atom stereocenters. The van der Waals surface area contributed by atoms with Crippen molar-refractivity contribution in [3.8, 4) is 0 Å². The molecule has 2 unspecified atom stereocenters. The number of cyclic esters (lactones) is 1. The Labute approximate surface area is 138 Å². The second-order valence-corrected chi connectivity index (χ2v) is 8.13. The van der Waals surface area contributed by atoms with Crippen LogP contribution in [-0.2, 0) is 14.3 Å². The Bertz CT molecular complexity index is 919. The molecule has 2 saturated carbocycles. The van der Waals surface area contributed by atoms with Crippen LogP contribution in [0.4, 0.5) is 0 Å². The second kappa shape index (κ2) is 3.33. The molecule has 4 nitrogen and oxygen atoms in total. The van der Waals surface area contributed by atoms with Crippen LogP contribution in [-0.4, -0.2) is 19.2 Å². The Morgan fingerprint density at radius 2 is 2.17 bits per heavy atom. The monoisotopic (exact) mass is 320 g/mol. The van der Waals surface area contributed by atoms with Gasteiger partial charge in [0.15, 0.2) is 0 Å². The van der Waals surface area contributed by atoms with E-state index < -0.39 is 0 Å². The fourth-order valence-electron chi connectivity index (χ4n) is 7.18. The van der Waals surface area contributed by atoms with Crippen molar-refractivity contribution in [2.45, 2.75) is 18.9 Å². The molecule has 4 bridgehead atoms. The van der Waals surface area contributed by atoms with Gasteiger partial charge in [0.25, 0.3) is 0 Å². The summed E-state index contributed by atoms with van der Waals surface area (Å²) in [7, 11) is 0. The Morgan fingerprint density at radius 1 is 1.21 bits per heavy atom. The number of esters is 1. The van der Waals surface area contributed by atoms with E-state index in [-0.39, 0.29) is 28.3 Å². The van der Waals surface area contributed by atoms with Gasteiger partial charge in [-0.2, -0.15) is 0 Å². The highest BCUT2D eigenvalue weighted by molar-refractivity contribution is 5.97. The Hall–Kier alpha value is -2.07. The smallest absolute Gasteiger partial charge is 0.334 e. The van der Waals surface area contributed by atoms with Crippen LogP contribution in [0.5, 0.6) is 0 Å². The van der Waals surface area contributed by atoms with E-state index in [1.54, 1.807) is 12.5 Å². The van der Waals surface area contributed by atoms with E-state index in [2.05, 4.69) is 18.2 Å². The first-order valence-electron chi connectivity index (χ1n) is 8.69. The lowest BCUT2D eigenvalue weighted by Crippen LogP contribution is -2.28. The van der Waals surface area contributed by atoms with Gasteiger partial charge in [-0.1, -0.05) is 18.2 Å². The van der Waals surface area contributed by atoms with Crippen molar-refractivity contribution < 1.29 is 18.7 Å². The third-order valence-electron chi connectivity index (χ3n) is 7.73. The maximum absolute atomic E-state index is 12.4. The molecule has 5 aliphatic carbocycles. The summed E-state index contributed by atoms with van der Waals surface area (Å²) in [6, 6.07) is 2.00. The molecular formula is C20H16O4. The van der Waals surface area contributed by atoms with Gasteiger partial charge in [0, 0.05) is 22.0 Å². The third kappa shape index (κ3) is 0.903. The molecule has 0 N–H and O–H groups in total. The van der Waals surface area contributed by atoms with Crippen LogP contribution in [0.3, 0.4) is 0 Å². The van der Waals surface area contributed by atoms with Crippen LogP contribution in [0.1, 0.15) is 24.5 Å². The van der Waals surface area contributed by atoms with Gasteiger partial charge in [0.1, 0.15) is 12.7 Å². The molecule has 7 aliphatic rings. The average molecular weight is 320 g/mol. The fraction of sp³-hybridized carbons (Fsp3) is 0.450. The maximum atomic E-state index is 12.4. The number of ether oxygens (including phenoxy) is 2. The van der Waals surface area contributed by atoms with Crippen molar-refractivity contribution in [2.24, 2.45) is 22.2 Å². The molecule has 120 valence electrons. The minimum atomic E-state index is -0.144. The summed E-state index contributed by atoms with van der Waals surface area (Å²) >= 11 is 0. The number of carbonyl (C=O) groups excluding carboxylic acids is 1. The average Bonchev–Trinajstić information content (AvgIpc) is 3.20. The topological polar surface area (TPSA) is 48.7 Å². The number of rotatable bonds is 1. The number of hydrogen-bond acceptors (Lipinski definition) is 4. The molecule has 0 aromatic carbocycles. The van der Waals surface area contributed by atoms with Gasteiger partial charge < -0.3 is 13.9 Å². The summed E-state index contributed by atoms with van der Waals surface area (Å²) in [6.07, 6.45) is 12.6. The predicted octanol–water partition coefficient (Wildman–Crippen LogP) is 3.10. The molecule has 3 fully saturated rings. The Morgan fingerprint density at radius 3 is 3.04 bits per heavy atom. The number of furan rings is 1. The lowest BCUT2D eigenvalue weighted by molar-refractivity contribution is -0.135. The van der Waals surface area contributed by atoms with E-state index in [1.807, 2.05) is 6.07 Å². The van der Waals surface area contributed by atoms with Crippen LogP contribution in [0.2, 0.25) is 0 Å². The van der Waals surface area contributed by atoms with Crippen LogP contribution >= 0.6 is 0 Å². The lowest BCUT2D eigenvalue weighted by Gasteiger charge is -2.32. The number of hydrogen-bond donors (Lipinski definition) is 0. The van der Waals surface area contributed by atoms with E-state index in [9.17, 15) is 4.79 Å². The number of allylic oxidation sites excluding steroid dienone is 2. The molecule has 1 aromatic heterocycles. The quantitative estimate of drug-likeness (QED) is 0.746. The highest BCUT2D eigenvalue weighted by Crippen LogP contribution is 2.96. The standard InChI is InChI=1S/C20H16O4/c21-17-14-5-11-6-18-3-1-12-9-23-16(13-2-4-22-8-13)15(12)19(18,7-11)20(14,18)10-24-17/h1-5,8,11,16H,6-7,9-10H2/t11-,16+,18+,19?,20?/m0/s1. The predicted molar refractivity (Wildman–Crippen MR) is 82.6 cm³/mol. The van der Waals surface area contributed by atoms with Crippen LogP contribution in [0, 0.1) is 22.2 Å². The van der Waals surface area contributed by atoms with Crippen molar-refractivity contribution in [1.29, 1.82) is 0 Å². The minimum absolute atomic E-state index is 0.0173. The summed E-state index contributed by atoms with van der Waals surface area (Å²) in [5.41, 5.74) is 4.67. The fourth-order valence-corrected chi connectivity index (χ4v) is 7.18. The van der Waals surface area contributed by atoms with E-state index >= 15 is 0 Å². The summed E-state index contributed by atoms with van der Waals surface area (Å²) in [5.74, 6) is 0.386. The van der Waals surface area contributed by atoms with Crippen LogP contribution in [0.25, 0.3) is 0 Å². The molecule has 8 rings (SSSR count). The summed E-state index contributed by atoms with van der Waals surface area (Å²) < 4.78 is 17.1. The van der Waals surface area contributed by atoms with Crippen molar-refractivity contribution >= 4 is 5.97 Å². The molecule has 0 radical (unpaired) electrons. The Balaban J connectivity index is 1.51. The zero-order valence-corrected chi connectivity index (χ0v) is 13.1. The first-order chi connectivity index (χ1) is 11.7. The van der Waals surface area contributed by atoms with Gasteiger partial charge in [-0.3, -0.25) is 0 Å². The molecule has 4 heteroatoms. The largest absolute Gasteiger partial charge is 0.472 e. The SMILES string of the molecule is O=C1OCC23C1=C[C@@H]1CC24C2=C(C=C[C@]34C1)CO[C@@H]2c1ccoc1. The van der Waals surface area contributed by atoms with Gasteiger partial charge in [0.2, 0.25) is 0 Å². The second-order valence-electron chi connectivity index (χ2n) is 8.13. The molecule has 0 amide bonds.